The standard InChI is InChI=1S/C12H15N3O2S/c1-2-9-14-5-8(18-9)10(16)15-6-7-3-12(15,4-7)11(13)17/h5,7H,2-4,6H2,1H3,(H2,13,17). The average Bonchev–Trinajstić information content (AvgIpc) is 2.99. The zero-order valence-electron chi connectivity index (χ0n) is 10.2. The minimum absolute atomic E-state index is 0.0917. The molecule has 1 aromatic heterocycles. The molecule has 2 aliphatic heterocycles. The van der Waals surface area contributed by atoms with E-state index in [9.17, 15) is 9.59 Å². The maximum Gasteiger partial charge on any atom is 0.266 e. The molecule has 4 rings (SSSR count). The van der Waals surface area contributed by atoms with Crippen LogP contribution < -0.4 is 5.73 Å². The molecule has 0 spiro atoms. The summed E-state index contributed by atoms with van der Waals surface area (Å²) >= 11 is 1.40. The maximum absolute atomic E-state index is 12.4. The Morgan fingerprint density at radius 3 is 2.89 bits per heavy atom. The van der Waals surface area contributed by atoms with Crippen molar-refractivity contribution in [3.63, 3.8) is 0 Å². The van der Waals surface area contributed by atoms with Gasteiger partial charge in [0.15, 0.2) is 0 Å². The van der Waals surface area contributed by atoms with E-state index in [1.165, 1.54) is 11.3 Å². The first kappa shape index (κ1) is 11.6. The second-order valence-corrected chi connectivity index (χ2v) is 6.17. The van der Waals surface area contributed by atoms with E-state index >= 15 is 0 Å². The molecule has 0 atom stereocenters. The van der Waals surface area contributed by atoms with E-state index < -0.39 is 5.54 Å². The highest BCUT2D eigenvalue weighted by Gasteiger charge is 2.61. The van der Waals surface area contributed by atoms with E-state index in [4.69, 9.17) is 5.73 Å². The summed E-state index contributed by atoms with van der Waals surface area (Å²) in [5.74, 6) is -0.0177. The van der Waals surface area contributed by atoms with Crippen LogP contribution in [-0.4, -0.2) is 33.8 Å². The quantitative estimate of drug-likeness (QED) is 0.878. The van der Waals surface area contributed by atoms with Gasteiger partial charge in [-0.1, -0.05) is 6.92 Å². The van der Waals surface area contributed by atoms with E-state index in [-0.39, 0.29) is 11.8 Å². The van der Waals surface area contributed by atoms with Crippen LogP contribution in [0.1, 0.15) is 34.4 Å². The summed E-state index contributed by atoms with van der Waals surface area (Å²) in [6, 6.07) is 0. The number of carbonyl (C=O) groups excluding carboxylic acids is 2. The first-order valence-electron chi connectivity index (χ1n) is 6.13. The summed E-state index contributed by atoms with van der Waals surface area (Å²) in [5, 5.41) is 0.943. The lowest BCUT2D eigenvalue weighted by molar-refractivity contribution is -0.129. The summed E-state index contributed by atoms with van der Waals surface area (Å²) in [6.07, 6.45) is 3.89. The van der Waals surface area contributed by atoms with Crippen molar-refractivity contribution < 1.29 is 9.59 Å². The fourth-order valence-electron chi connectivity index (χ4n) is 2.99. The lowest BCUT2D eigenvalue weighted by atomic mass is 9.73. The smallest absolute Gasteiger partial charge is 0.266 e. The first-order valence-corrected chi connectivity index (χ1v) is 6.95. The van der Waals surface area contributed by atoms with E-state index in [0.717, 1.165) is 24.3 Å². The first-order chi connectivity index (χ1) is 8.56. The van der Waals surface area contributed by atoms with E-state index in [1.54, 1.807) is 11.1 Å². The molecule has 6 heteroatoms. The van der Waals surface area contributed by atoms with Crippen molar-refractivity contribution in [3.8, 4) is 0 Å². The van der Waals surface area contributed by atoms with Crippen LogP contribution in [0.25, 0.3) is 0 Å². The Morgan fingerprint density at radius 2 is 2.33 bits per heavy atom. The molecule has 2 amide bonds. The molecule has 5 nitrogen and oxygen atoms in total. The fraction of sp³-hybridized carbons (Fsp3) is 0.583. The molecule has 0 aromatic carbocycles. The number of aryl methyl sites for hydroxylation is 1. The second-order valence-electron chi connectivity index (χ2n) is 5.06. The molecule has 3 aliphatic rings. The monoisotopic (exact) mass is 265 g/mol. The molecular weight excluding hydrogens is 250 g/mol. The predicted octanol–water partition coefficient (Wildman–Crippen LogP) is 0.795. The fourth-order valence-corrected chi connectivity index (χ4v) is 3.80. The molecule has 2 bridgehead atoms. The number of thiazole rings is 1. The number of aromatic nitrogens is 1. The third-order valence-corrected chi connectivity index (χ3v) is 5.11. The van der Waals surface area contributed by atoms with Crippen molar-refractivity contribution in [3.05, 3.63) is 16.1 Å². The number of carbonyl (C=O) groups is 2. The molecular formula is C12H15N3O2S. The van der Waals surface area contributed by atoms with Gasteiger partial charge < -0.3 is 10.6 Å². The van der Waals surface area contributed by atoms with Gasteiger partial charge in [-0.05, 0) is 25.2 Å². The van der Waals surface area contributed by atoms with Gasteiger partial charge in [-0.3, -0.25) is 9.59 Å². The molecule has 18 heavy (non-hydrogen) atoms. The van der Waals surface area contributed by atoms with Crippen molar-refractivity contribution in [2.75, 3.05) is 6.54 Å². The molecule has 96 valence electrons. The molecule has 0 radical (unpaired) electrons. The van der Waals surface area contributed by atoms with Gasteiger partial charge in [-0.2, -0.15) is 0 Å². The van der Waals surface area contributed by atoms with Crippen LogP contribution >= 0.6 is 11.3 Å². The molecule has 3 fully saturated rings. The zero-order chi connectivity index (χ0) is 12.9. The number of primary amides is 1. The number of nitrogens with zero attached hydrogens (tertiary/aromatic N) is 2. The van der Waals surface area contributed by atoms with Gasteiger partial charge in [0, 0.05) is 6.54 Å². The average molecular weight is 265 g/mol. The largest absolute Gasteiger partial charge is 0.368 e. The van der Waals surface area contributed by atoms with E-state index in [0.29, 0.717) is 17.3 Å². The van der Waals surface area contributed by atoms with Gasteiger partial charge in [-0.25, -0.2) is 4.98 Å². The van der Waals surface area contributed by atoms with Gasteiger partial charge in [0.1, 0.15) is 10.4 Å². The lowest BCUT2D eigenvalue weighted by Crippen LogP contribution is -2.57. The topological polar surface area (TPSA) is 76.3 Å². The SMILES string of the molecule is CCc1ncc(C(=O)N2CC3CC2(C(N)=O)C3)s1. The Hall–Kier alpha value is -1.43. The van der Waals surface area contributed by atoms with Crippen LogP contribution in [-0.2, 0) is 11.2 Å². The van der Waals surface area contributed by atoms with Crippen molar-refractivity contribution >= 4 is 23.2 Å². The van der Waals surface area contributed by atoms with Gasteiger partial charge >= 0.3 is 0 Å². The van der Waals surface area contributed by atoms with Gasteiger partial charge in [0.25, 0.3) is 5.91 Å². The van der Waals surface area contributed by atoms with Crippen LogP contribution in [0.3, 0.4) is 0 Å². The van der Waals surface area contributed by atoms with Crippen LogP contribution in [0.4, 0.5) is 0 Å². The Labute approximate surface area is 109 Å². The number of amides is 2. The van der Waals surface area contributed by atoms with Crippen molar-refractivity contribution in [2.24, 2.45) is 11.7 Å². The Balaban J connectivity index is 1.87. The Bertz CT molecular complexity index is 519. The normalized spacial score (nSPS) is 29.2. The maximum atomic E-state index is 12.4. The van der Waals surface area contributed by atoms with Crippen LogP contribution in [0.5, 0.6) is 0 Å². The minimum atomic E-state index is -0.710. The minimum Gasteiger partial charge on any atom is -0.368 e. The molecule has 1 aliphatic carbocycles. The number of nitrogens with two attached hydrogens (primary N) is 1. The summed E-state index contributed by atoms with van der Waals surface area (Å²) in [6.45, 7) is 2.66. The molecule has 2 N–H and O–H groups in total. The number of fused-ring (bicyclic) bond motifs is 1. The molecule has 1 saturated carbocycles. The Morgan fingerprint density at radius 1 is 1.61 bits per heavy atom. The van der Waals surface area contributed by atoms with Crippen molar-refractivity contribution in [2.45, 2.75) is 31.7 Å². The number of hydrogen-bond donors (Lipinski definition) is 1. The van der Waals surface area contributed by atoms with Crippen LogP contribution in [0.15, 0.2) is 6.20 Å². The highest BCUT2D eigenvalue weighted by Crippen LogP contribution is 2.50. The summed E-state index contributed by atoms with van der Waals surface area (Å²) < 4.78 is 0. The van der Waals surface area contributed by atoms with Crippen LogP contribution in [0, 0.1) is 5.92 Å². The number of hydrogen-bond acceptors (Lipinski definition) is 4. The molecule has 0 unspecified atom stereocenters. The van der Waals surface area contributed by atoms with Crippen molar-refractivity contribution in [1.29, 1.82) is 0 Å². The number of rotatable bonds is 3. The predicted molar refractivity (Wildman–Crippen MR) is 67.2 cm³/mol. The molecule has 2 saturated heterocycles. The summed E-state index contributed by atoms with van der Waals surface area (Å²) in [4.78, 5) is 30.5. The molecule has 3 heterocycles. The van der Waals surface area contributed by atoms with Gasteiger partial charge in [-0.15, -0.1) is 11.3 Å². The van der Waals surface area contributed by atoms with E-state index in [1.807, 2.05) is 6.92 Å². The van der Waals surface area contributed by atoms with Gasteiger partial charge in [0.05, 0.1) is 11.2 Å². The van der Waals surface area contributed by atoms with E-state index in [2.05, 4.69) is 4.98 Å². The van der Waals surface area contributed by atoms with Gasteiger partial charge in [0.2, 0.25) is 5.91 Å². The summed E-state index contributed by atoms with van der Waals surface area (Å²) in [7, 11) is 0. The third-order valence-electron chi connectivity index (χ3n) is 3.98. The van der Waals surface area contributed by atoms with Crippen molar-refractivity contribution in [1.82, 2.24) is 9.88 Å². The highest BCUT2D eigenvalue weighted by molar-refractivity contribution is 7.13. The highest BCUT2D eigenvalue weighted by atomic mass is 32.1. The van der Waals surface area contributed by atoms with Crippen LogP contribution in [0.2, 0.25) is 0 Å². The summed E-state index contributed by atoms with van der Waals surface area (Å²) in [5.41, 5.74) is 4.75. The molecule has 1 aromatic rings. The lowest BCUT2D eigenvalue weighted by Gasteiger charge is -2.38. The zero-order valence-corrected chi connectivity index (χ0v) is 11.0. The second kappa shape index (κ2) is 3.78. The third kappa shape index (κ3) is 1.41. The Kier molecular flexibility index (Phi) is 2.45.